The Kier molecular flexibility index (Phi) is 4.66. The van der Waals surface area contributed by atoms with Gasteiger partial charge in [-0.3, -0.25) is 4.79 Å². The minimum absolute atomic E-state index is 0.174. The Hall–Kier alpha value is -1.03. The summed E-state index contributed by atoms with van der Waals surface area (Å²) in [6.07, 6.45) is -1.91. The molecule has 116 valence electrons. The van der Waals surface area contributed by atoms with Crippen molar-refractivity contribution in [2.24, 2.45) is 5.92 Å². The highest BCUT2D eigenvalue weighted by atomic mass is 35.5. The van der Waals surface area contributed by atoms with E-state index >= 15 is 0 Å². The number of carbonyl (C=O) groups is 1. The molecule has 21 heavy (non-hydrogen) atoms. The summed E-state index contributed by atoms with van der Waals surface area (Å²) in [5.74, 6) is -1.90. The normalized spacial score (nSPS) is 18.9. The molecule has 1 nitrogen and oxygen atoms in total. The van der Waals surface area contributed by atoms with Gasteiger partial charge in [-0.05, 0) is 30.5 Å². The Morgan fingerprint density at radius 3 is 2.52 bits per heavy atom. The van der Waals surface area contributed by atoms with E-state index in [1.165, 1.54) is 0 Å². The summed E-state index contributed by atoms with van der Waals surface area (Å²) in [6.45, 7) is 1.06. The molecule has 2 rings (SSSR count). The van der Waals surface area contributed by atoms with Crippen LogP contribution in [0.1, 0.15) is 44.6 Å². The third kappa shape index (κ3) is 3.79. The Labute approximate surface area is 127 Å². The summed E-state index contributed by atoms with van der Waals surface area (Å²) in [5.41, 5.74) is 0.655. The molecule has 1 aliphatic rings. The first-order valence-electron chi connectivity index (χ1n) is 7.07. The molecule has 0 aliphatic heterocycles. The molecule has 0 aromatic heterocycles. The van der Waals surface area contributed by atoms with Gasteiger partial charge < -0.3 is 0 Å². The SMILES string of the molecule is CC(CC(=O)CC1(c2cccc(Cl)c2)CCC1)C(F)(F)F. The molecular formula is C16H18ClF3O. The van der Waals surface area contributed by atoms with Crippen LogP contribution in [0.3, 0.4) is 0 Å². The fourth-order valence-electron chi connectivity index (χ4n) is 2.90. The van der Waals surface area contributed by atoms with E-state index in [4.69, 9.17) is 11.6 Å². The van der Waals surface area contributed by atoms with Crippen LogP contribution in [-0.4, -0.2) is 12.0 Å². The average Bonchev–Trinajstić information content (AvgIpc) is 2.32. The first-order valence-corrected chi connectivity index (χ1v) is 7.45. The lowest BCUT2D eigenvalue weighted by Gasteiger charge is -2.42. The van der Waals surface area contributed by atoms with Gasteiger partial charge in [-0.2, -0.15) is 13.2 Å². The van der Waals surface area contributed by atoms with E-state index < -0.39 is 18.5 Å². The molecule has 0 spiro atoms. The lowest BCUT2D eigenvalue weighted by molar-refractivity contribution is -0.174. The van der Waals surface area contributed by atoms with Gasteiger partial charge in [-0.25, -0.2) is 0 Å². The zero-order valence-corrected chi connectivity index (χ0v) is 12.6. The molecule has 1 aromatic carbocycles. The van der Waals surface area contributed by atoms with E-state index in [1.54, 1.807) is 6.07 Å². The molecule has 0 N–H and O–H groups in total. The number of halogens is 4. The van der Waals surface area contributed by atoms with Gasteiger partial charge in [0.15, 0.2) is 0 Å². The van der Waals surface area contributed by atoms with Gasteiger partial charge in [0.2, 0.25) is 0 Å². The summed E-state index contributed by atoms with van der Waals surface area (Å²) < 4.78 is 37.6. The minimum Gasteiger partial charge on any atom is -0.300 e. The second kappa shape index (κ2) is 5.99. The van der Waals surface area contributed by atoms with Crippen molar-refractivity contribution >= 4 is 17.4 Å². The smallest absolute Gasteiger partial charge is 0.300 e. The maximum atomic E-state index is 12.5. The fourth-order valence-corrected chi connectivity index (χ4v) is 3.09. The summed E-state index contributed by atoms with van der Waals surface area (Å²) in [6, 6.07) is 7.30. The number of Topliss-reactive ketones (excluding diaryl/α,β-unsaturated/α-hetero) is 1. The van der Waals surface area contributed by atoms with E-state index in [-0.39, 0.29) is 17.6 Å². The maximum Gasteiger partial charge on any atom is 0.391 e. The van der Waals surface area contributed by atoms with Crippen molar-refractivity contribution in [2.75, 3.05) is 0 Å². The lowest BCUT2D eigenvalue weighted by Crippen LogP contribution is -2.37. The maximum absolute atomic E-state index is 12.5. The molecule has 1 saturated carbocycles. The van der Waals surface area contributed by atoms with Crippen molar-refractivity contribution in [3.05, 3.63) is 34.9 Å². The van der Waals surface area contributed by atoms with Gasteiger partial charge in [0.1, 0.15) is 5.78 Å². The van der Waals surface area contributed by atoms with Crippen LogP contribution in [0.2, 0.25) is 5.02 Å². The second-order valence-corrected chi connectivity index (χ2v) is 6.44. The van der Waals surface area contributed by atoms with Crippen LogP contribution < -0.4 is 0 Å². The molecule has 0 amide bonds. The summed E-state index contributed by atoms with van der Waals surface area (Å²) in [5, 5.41) is 0.592. The van der Waals surface area contributed by atoms with Crippen molar-refractivity contribution in [3.63, 3.8) is 0 Å². The number of hydrogen-bond donors (Lipinski definition) is 0. The summed E-state index contributed by atoms with van der Waals surface area (Å²) in [4.78, 5) is 12.0. The molecule has 0 saturated heterocycles. The second-order valence-electron chi connectivity index (χ2n) is 6.01. The molecule has 1 atom stereocenters. The van der Waals surface area contributed by atoms with Crippen molar-refractivity contribution in [2.45, 2.75) is 50.6 Å². The highest BCUT2D eigenvalue weighted by Crippen LogP contribution is 2.47. The predicted molar refractivity (Wildman–Crippen MR) is 76.4 cm³/mol. The number of hydrogen-bond acceptors (Lipinski definition) is 1. The fraction of sp³-hybridized carbons (Fsp3) is 0.562. The Bertz CT molecular complexity index is 520. The van der Waals surface area contributed by atoms with Crippen LogP contribution in [0.4, 0.5) is 13.2 Å². The number of ketones is 1. The van der Waals surface area contributed by atoms with Crippen LogP contribution in [-0.2, 0) is 10.2 Å². The highest BCUT2D eigenvalue weighted by Gasteiger charge is 2.42. The zero-order valence-electron chi connectivity index (χ0n) is 11.8. The van der Waals surface area contributed by atoms with Gasteiger partial charge in [0.25, 0.3) is 0 Å². The van der Waals surface area contributed by atoms with Crippen molar-refractivity contribution in [1.82, 2.24) is 0 Å². The third-order valence-electron chi connectivity index (χ3n) is 4.38. The van der Waals surface area contributed by atoms with Crippen LogP contribution in [0, 0.1) is 5.92 Å². The largest absolute Gasteiger partial charge is 0.391 e. The minimum atomic E-state index is -4.31. The molecule has 0 radical (unpaired) electrons. The third-order valence-corrected chi connectivity index (χ3v) is 4.61. The highest BCUT2D eigenvalue weighted by molar-refractivity contribution is 6.30. The van der Waals surface area contributed by atoms with E-state index in [9.17, 15) is 18.0 Å². The standard InChI is InChI=1S/C16H18ClF3O/c1-11(16(18,19)20)8-14(21)10-15(6-3-7-15)12-4-2-5-13(17)9-12/h2,4-5,9,11H,3,6-8,10H2,1H3. The topological polar surface area (TPSA) is 17.1 Å². The molecule has 1 aromatic rings. The van der Waals surface area contributed by atoms with Crippen LogP contribution >= 0.6 is 11.6 Å². The monoisotopic (exact) mass is 318 g/mol. The Morgan fingerprint density at radius 1 is 1.38 bits per heavy atom. The molecule has 1 aliphatic carbocycles. The molecular weight excluding hydrogens is 301 g/mol. The number of carbonyl (C=O) groups excluding carboxylic acids is 1. The Morgan fingerprint density at radius 2 is 2.05 bits per heavy atom. The van der Waals surface area contributed by atoms with Crippen molar-refractivity contribution < 1.29 is 18.0 Å². The Balaban J connectivity index is 2.07. The molecule has 5 heteroatoms. The van der Waals surface area contributed by atoms with Gasteiger partial charge in [0.05, 0.1) is 5.92 Å². The molecule has 1 fully saturated rings. The summed E-state index contributed by atoms with van der Waals surface area (Å²) >= 11 is 5.98. The predicted octanol–water partition coefficient (Wildman–Crippen LogP) is 5.31. The molecule has 1 unspecified atom stereocenters. The van der Waals surface area contributed by atoms with Gasteiger partial charge >= 0.3 is 6.18 Å². The van der Waals surface area contributed by atoms with Crippen LogP contribution in [0.25, 0.3) is 0 Å². The average molecular weight is 319 g/mol. The van der Waals surface area contributed by atoms with E-state index in [0.717, 1.165) is 31.7 Å². The van der Waals surface area contributed by atoms with Gasteiger partial charge in [-0.15, -0.1) is 0 Å². The summed E-state index contributed by atoms with van der Waals surface area (Å²) in [7, 11) is 0. The van der Waals surface area contributed by atoms with Crippen molar-refractivity contribution in [1.29, 1.82) is 0 Å². The number of alkyl halides is 3. The quantitative estimate of drug-likeness (QED) is 0.719. The van der Waals surface area contributed by atoms with E-state index in [2.05, 4.69) is 0 Å². The first kappa shape index (κ1) is 16.3. The van der Waals surface area contributed by atoms with Crippen molar-refractivity contribution in [3.8, 4) is 0 Å². The first-order chi connectivity index (χ1) is 9.73. The van der Waals surface area contributed by atoms with Crippen LogP contribution in [0.15, 0.2) is 24.3 Å². The number of benzene rings is 1. The number of rotatable bonds is 5. The van der Waals surface area contributed by atoms with E-state index in [0.29, 0.717) is 5.02 Å². The lowest BCUT2D eigenvalue weighted by atomic mass is 9.61. The van der Waals surface area contributed by atoms with Crippen LogP contribution in [0.5, 0.6) is 0 Å². The van der Waals surface area contributed by atoms with Gasteiger partial charge in [0, 0.05) is 23.3 Å². The molecule has 0 bridgehead atoms. The van der Waals surface area contributed by atoms with Gasteiger partial charge in [-0.1, -0.05) is 37.1 Å². The van der Waals surface area contributed by atoms with E-state index in [1.807, 2.05) is 18.2 Å². The zero-order chi connectivity index (χ0) is 15.7. The molecule has 0 heterocycles.